The van der Waals surface area contributed by atoms with Crippen molar-refractivity contribution in [2.45, 2.75) is 20.8 Å². The largest absolute Gasteiger partial charge is 0.356 e. The van der Waals surface area contributed by atoms with Gasteiger partial charge in [0.1, 0.15) is 5.82 Å². The maximum absolute atomic E-state index is 13.4. The summed E-state index contributed by atoms with van der Waals surface area (Å²) in [6.45, 7) is 6.37. The van der Waals surface area contributed by atoms with Crippen LogP contribution in [0.4, 0.5) is 10.3 Å². The Hall–Kier alpha value is -1.55. The highest BCUT2D eigenvalue weighted by atomic mass is 35.5. The highest BCUT2D eigenvalue weighted by Crippen LogP contribution is 2.27. The third-order valence-corrected chi connectivity index (χ3v) is 2.95. The van der Waals surface area contributed by atoms with Crippen LogP contribution in [0.15, 0.2) is 18.3 Å². The Morgan fingerprint density at radius 1 is 1.39 bits per heavy atom. The van der Waals surface area contributed by atoms with Gasteiger partial charge in [0.25, 0.3) is 0 Å². The van der Waals surface area contributed by atoms with E-state index in [9.17, 15) is 4.39 Å². The lowest BCUT2D eigenvalue weighted by atomic mass is 10.2. The fourth-order valence-electron chi connectivity index (χ4n) is 1.79. The summed E-state index contributed by atoms with van der Waals surface area (Å²) in [4.78, 5) is 4.37. The molecule has 0 fully saturated rings. The molecule has 0 unspecified atom stereocenters. The van der Waals surface area contributed by atoms with Gasteiger partial charge in [0, 0.05) is 12.7 Å². The van der Waals surface area contributed by atoms with Crippen molar-refractivity contribution < 1.29 is 4.39 Å². The lowest BCUT2D eigenvalue weighted by molar-refractivity contribution is 0.618. The lowest BCUT2D eigenvalue weighted by Gasteiger charge is -2.11. The zero-order valence-corrected chi connectivity index (χ0v) is 11.3. The Kier molecular flexibility index (Phi) is 3.57. The summed E-state index contributed by atoms with van der Waals surface area (Å²) in [6.07, 6.45) is 1.87. The molecule has 0 saturated heterocycles. The number of nitrogens with zero attached hydrogens (tertiary/aromatic N) is 2. The maximum atomic E-state index is 13.4. The van der Waals surface area contributed by atoms with Crippen LogP contribution >= 0.6 is 11.6 Å². The molecule has 1 heterocycles. The van der Waals surface area contributed by atoms with Crippen LogP contribution < -0.4 is 5.32 Å². The Bertz CT molecular complexity index is 578. The van der Waals surface area contributed by atoms with Gasteiger partial charge < -0.3 is 5.32 Å². The molecule has 0 atom stereocenters. The Morgan fingerprint density at radius 3 is 2.78 bits per heavy atom. The number of halogens is 2. The second-order valence-corrected chi connectivity index (χ2v) is 4.57. The number of anilines is 1. The van der Waals surface area contributed by atoms with Gasteiger partial charge in [-0.2, -0.15) is 0 Å². The minimum absolute atomic E-state index is 0.300. The normalized spacial score (nSPS) is 10.7. The summed E-state index contributed by atoms with van der Waals surface area (Å²) < 4.78 is 15.2. The Morgan fingerprint density at radius 2 is 2.11 bits per heavy atom. The van der Waals surface area contributed by atoms with E-state index in [1.165, 1.54) is 6.07 Å². The fourth-order valence-corrected chi connectivity index (χ4v) is 2.03. The van der Waals surface area contributed by atoms with Crippen LogP contribution in [-0.4, -0.2) is 16.1 Å². The number of nitrogens with one attached hydrogen (secondary N) is 1. The van der Waals surface area contributed by atoms with Gasteiger partial charge in [0.2, 0.25) is 5.95 Å². The standard InChI is InChI=1S/C13H15ClFN3/c1-4-16-13-17-9(3)7-18(13)12-5-8(2)11(15)6-10(12)14/h5-7H,4H2,1-3H3,(H,16,17). The van der Waals surface area contributed by atoms with E-state index in [2.05, 4.69) is 10.3 Å². The van der Waals surface area contributed by atoms with Crippen molar-refractivity contribution in [1.82, 2.24) is 9.55 Å². The van der Waals surface area contributed by atoms with Gasteiger partial charge in [-0.05, 0) is 38.5 Å². The number of rotatable bonds is 3. The molecule has 0 bridgehead atoms. The van der Waals surface area contributed by atoms with E-state index < -0.39 is 0 Å². The number of benzene rings is 1. The predicted molar refractivity (Wildman–Crippen MR) is 72.2 cm³/mol. The second kappa shape index (κ2) is 4.98. The third-order valence-electron chi connectivity index (χ3n) is 2.65. The van der Waals surface area contributed by atoms with Crippen LogP contribution in [0.5, 0.6) is 0 Å². The number of hydrogen-bond acceptors (Lipinski definition) is 2. The first kappa shape index (κ1) is 12.9. The molecule has 18 heavy (non-hydrogen) atoms. The molecule has 0 radical (unpaired) electrons. The zero-order chi connectivity index (χ0) is 13.3. The molecular weight excluding hydrogens is 253 g/mol. The second-order valence-electron chi connectivity index (χ2n) is 4.16. The highest BCUT2D eigenvalue weighted by Gasteiger charge is 2.12. The molecule has 2 rings (SSSR count). The summed E-state index contributed by atoms with van der Waals surface area (Å²) in [5.41, 5.74) is 2.17. The summed E-state index contributed by atoms with van der Waals surface area (Å²) >= 11 is 6.10. The molecule has 1 aromatic carbocycles. The van der Waals surface area contributed by atoms with Crippen molar-refractivity contribution in [3.63, 3.8) is 0 Å². The van der Waals surface area contributed by atoms with Gasteiger partial charge in [0.15, 0.2) is 0 Å². The fraction of sp³-hybridized carbons (Fsp3) is 0.308. The molecule has 0 amide bonds. The Labute approximate surface area is 111 Å². The van der Waals surface area contributed by atoms with E-state index in [-0.39, 0.29) is 5.82 Å². The average molecular weight is 268 g/mol. The Balaban J connectivity index is 2.57. The number of aryl methyl sites for hydroxylation is 2. The zero-order valence-electron chi connectivity index (χ0n) is 10.6. The molecule has 0 spiro atoms. The number of aromatic nitrogens is 2. The van der Waals surface area contributed by atoms with Crippen LogP contribution in [0.2, 0.25) is 5.02 Å². The summed E-state index contributed by atoms with van der Waals surface area (Å²) in [7, 11) is 0. The van der Waals surface area contributed by atoms with Crippen LogP contribution in [0.3, 0.4) is 0 Å². The molecular formula is C13H15ClFN3. The average Bonchev–Trinajstić information content (AvgIpc) is 2.65. The first-order valence-electron chi connectivity index (χ1n) is 5.78. The van der Waals surface area contributed by atoms with E-state index >= 15 is 0 Å². The van der Waals surface area contributed by atoms with Gasteiger partial charge in [-0.25, -0.2) is 9.37 Å². The van der Waals surface area contributed by atoms with Gasteiger partial charge in [-0.15, -0.1) is 0 Å². The van der Waals surface area contributed by atoms with Crippen LogP contribution in [0, 0.1) is 19.7 Å². The van der Waals surface area contributed by atoms with Crippen molar-refractivity contribution in [2.24, 2.45) is 0 Å². The smallest absolute Gasteiger partial charge is 0.207 e. The third kappa shape index (κ3) is 2.34. The molecule has 0 saturated carbocycles. The topological polar surface area (TPSA) is 29.9 Å². The highest BCUT2D eigenvalue weighted by molar-refractivity contribution is 6.32. The molecule has 0 aliphatic carbocycles. The van der Waals surface area contributed by atoms with E-state index in [4.69, 9.17) is 11.6 Å². The molecule has 3 nitrogen and oxygen atoms in total. The molecule has 0 aliphatic heterocycles. The molecule has 1 aromatic heterocycles. The van der Waals surface area contributed by atoms with E-state index in [1.807, 2.05) is 24.6 Å². The van der Waals surface area contributed by atoms with Crippen LogP contribution in [0.1, 0.15) is 18.2 Å². The van der Waals surface area contributed by atoms with E-state index in [0.29, 0.717) is 16.5 Å². The SMILES string of the molecule is CCNc1nc(C)cn1-c1cc(C)c(F)cc1Cl. The molecule has 1 N–H and O–H groups in total. The van der Waals surface area contributed by atoms with Gasteiger partial charge >= 0.3 is 0 Å². The van der Waals surface area contributed by atoms with Gasteiger partial charge in [0.05, 0.1) is 16.4 Å². The molecule has 96 valence electrons. The number of hydrogen-bond donors (Lipinski definition) is 1. The quantitative estimate of drug-likeness (QED) is 0.919. The maximum Gasteiger partial charge on any atom is 0.207 e. The lowest BCUT2D eigenvalue weighted by Crippen LogP contribution is -2.05. The summed E-state index contributed by atoms with van der Waals surface area (Å²) in [6, 6.07) is 3.05. The van der Waals surface area contributed by atoms with Gasteiger partial charge in [-0.3, -0.25) is 4.57 Å². The van der Waals surface area contributed by atoms with Crippen LogP contribution in [-0.2, 0) is 0 Å². The van der Waals surface area contributed by atoms with Crippen molar-refractivity contribution >= 4 is 17.5 Å². The molecule has 5 heteroatoms. The number of imidazole rings is 1. The van der Waals surface area contributed by atoms with E-state index in [0.717, 1.165) is 17.9 Å². The van der Waals surface area contributed by atoms with Crippen molar-refractivity contribution in [3.8, 4) is 5.69 Å². The predicted octanol–water partition coefficient (Wildman–Crippen LogP) is 3.71. The minimum Gasteiger partial charge on any atom is -0.356 e. The monoisotopic (exact) mass is 267 g/mol. The van der Waals surface area contributed by atoms with Crippen molar-refractivity contribution in [3.05, 3.63) is 40.4 Å². The van der Waals surface area contributed by atoms with Gasteiger partial charge in [-0.1, -0.05) is 11.6 Å². The van der Waals surface area contributed by atoms with Crippen molar-refractivity contribution in [1.29, 1.82) is 0 Å². The van der Waals surface area contributed by atoms with Crippen LogP contribution in [0.25, 0.3) is 5.69 Å². The molecule has 0 aliphatic rings. The van der Waals surface area contributed by atoms with Crippen molar-refractivity contribution in [2.75, 3.05) is 11.9 Å². The minimum atomic E-state index is -0.300. The first-order valence-corrected chi connectivity index (χ1v) is 6.16. The molecule has 2 aromatic rings. The summed E-state index contributed by atoms with van der Waals surface area (Å²) in [5.74, 6) is 0.411. The van der Waals surface area contributed by atoms with E-state index in [1.54, 1.807) is 13.0 Å². The summed E-state index contributed by atoms with van der Waals surface area (Å²) in [5, 5.41) is 3.53. The first-order chi connectivity index (χ1) is 8.52.